The van der Waals surface area contributed by atoms with E-state index in [4.69, 9.17) is 5.11 Å². The number of aromatic nitrogens is 4. The van der Waals surface area contributed by atoms with Crippen molar-refractivity contribution in [2.45, 2.75) is 96.3 Å². The van der Waals surface area contributed by atoms with Crippen LogP contribution in [0.4, 0.5) is 4.79 Å². The molecule has 0 saturated heterocycles. The van der Waals surface area contributed by atoms with Crippen LogP contribution in [0.1, 0.15) is 58.1 Å². The lowest BCUT2D eigenvalue weighted by atomic mass is 9.81. The van der Waals surface area contributed by atoms with Crippen LogP contribution in [0.3, 0.4) is 0 Å². The van der Waals surface area contributed by atoms with Gasteiger partial charge < -0.3 is 75.7 Å². The minimum Gasteiger partial charge on any atom is -0.481 e. The molecule has 2 heterocycles. The molecule has 0 fully saturated rings. The zero-order chi connectivity index (χ0) is 51.6. The predicted molar refractivity (Wildman–Crippen MR) is 221 cm³/mol. The van der Waals surface area contributed by atoms with Crippen LogP contribution in [0.25, 0.3) is 0 Å². The normalized spacial score (nSPS) is 12.9. The van der Waals surface area contributed by atoms with Crippen LogP contribution in [-0.4, -0.2) is 196 Å². The number of urea groups is 1. The molecule has 2 unspecified atom stereocenters. The first-order chi connectivity index (χ1) is 31.6. The van der Waals surface area contributed by atoms with E-state index in [9.17, 15) is 93.3 Å². The summed E-state index contributed by atoms with van der Waals surface area (Å²) in [5.41, 5.74) is -1.43. The molecule has 68 heavy (non-hydrogen) atoms. The molecule has 0 aliphatic rings. The first kappa shape index (κ1) is 56.0. The third-order valence-electron chi connectivity index (χ3n) is 10.4. The second-order valence-corrected chi connectivity index (χ2v) is 15.6. The van der Waals surface area contributed by atoms with E-state index in [1.807, 2.05) is 10.6 Å². The number of carboxylic acid groups (broad SMARTS) is 8. The Morgan fingerprint density at radius 1 is 0.574 bits per heavy atom. The molecule has 0 saturated carbocycles. The number of carbonyl (C=O) groups excluding carboxylic acids is 4. The topological polar surface area (TPSA) is 448 Å². The van der Waals surface area contributed by atoms with Crippen LogP contribution >= 0.6 is 0 Å². The lowest BCUT2D eigenvalue weighted by Crippen LogP contribution is -2.58. The SMILES string of the molecule is CC(C(NC(=O)CC[C@H](NC(=O)N[C@@H](CCC(=O)O)C(=O)O)C(=O)O)C(=O)O)C(C)(C)N(Cc1nccn1CC(=O)N(CC(=O)O)CC(=O)O)Cc1nccn1CC(=O)N(CC(=O)O)CC(=O)O. The van der Waals surface area contributed by atoms with Gasteiger partial charge in [0.1, 0.15) is 69.0 Å². The molecule has 2 aromatic heterocycles. The van der Waals surface area contributed by atoms with Crippen LogP contribution in [0.5, 0.6) is 0 Å². The van der Waals surface area contributed by atoms with Crippen LogP contribution in [0, 0.1) is 5.92 Å². The molecule has 30 nitrogen and oxygen atoms in total. The summed E-state index contributed by atoms with van der Waals surface area (Å²) in [6.45, 7) is -1.24. The van der Waals surface area contributed by atoms with E-state index in [0.717, 1.165) is 0 Å². The quantitative estimate of drug-likeness (QED) is 0.0357. The number of aliphatic carboxylic acids is 8. The fraction of sp³-hybridized carbons (Fsp3) is 0.526. The highest BCUT2D eigenvalue weighted by molar-refractivity contribution is 5.88. The van der Waals surface area contributed by atoms with Gasteiger partial charge in [-0.2, -0.15) is 0 Å². The molecule has 0 aliphatic heterocycles. The first-order valence-electron chi connectivity index (χ1n) is 20.1. The average Bonchev–Trinajstić information content (AvgIpc) is 3.85. The van der Waals surface area contributed by atoms with Crippen LogP contribution in [-0.2, 0) is 78.9 Å². The lowest BCUT2D eigenvalue weighted by Gasteiger charge is -2.44. The number of hydrogen-bond acceptors (Lipinski definition) is 15. The van der Waals surface area contributed by atoms with Gasteiger partial charge in [-0.15, -0.1) is 0 Å². The highest BCUT2D eigenvalue weighted by Crippen LogP contribution is 2.31. The Bertz CT molecular complexity index is 2100. The molecule has 5 amide bonds. The van der Waals surface area contributed by atoms with Gasteiger partial charge in [-0.25, -0.2) is 29.1 Å². The van der Waals surface area contributed by atoms with Crippen molar-refractivity contribution in [3.8, 4) is 0 Å². The fourth-order valence-electron chi connectivity index (χ4n) is 6.44. The lowest BCUT2D eigenvalue weighted by molar-refractivity contribution is -0.150. The molecule has 0 spiro atoms. The van der Waals surface area contributed by atoms with Gasteiger partial charge in [-0.1, -0.05) is 6.92 Å². The molecule has 2 aromatic rings. The maximum absolute atomic E-state index is 13.3. The number of amides is 5. The summed E-state index contributed by atoms with van der Waals surface area (Å²) in [5, 5.41) is 81.6. The Balaban J connectivity index is 2.50. The standard InChI is InChI=1S/C38H52N10O20/c1-20(33(36(66)67)43-25(49)6-4-21(34(62)63)41-37(68)42-22(35(64)65)5-7-28(52)53)38(2,3)48(12-23-39-8-10-44(23)14-26(50)46(16-29(54)55)17-30(56)57)13-24-40-9-11-45(24)15-27(51)47(18-31(58)59)19-32(60)61/h8-11,20-22,33H,4-7,12-19H2,1-3H3,(H,43,49)(H,52,53)(H,54,55)(H,56,57)(H,58,59)(H,60,61)(H,62,63)(H,64,65)(H,66,67)(H2,41,42,68)/t20?,21-,22-,33?/m0/s1. The zero-order valence-electron chi connectivity index (χ0n) is 36.7. The monoisotopic (exact) mass is 968 g/mol. The number of rotatable bonds is 31. The van der Waals surface area contributed by atoms with Gasteiger partial charge in [-0.05, 0) is 26.7 Å². The Morgan fingerprint density at radius 3 is 1.29 bits per heavy atom. The molecule has 374 valence electrons. The maximum atomic E-state index is 13.3. The summed E-state index contributed by atoms with van der Waals surface area (Å²) in [6.07, 6.45) is 2.58. The molecule has 2 rings (SSSR count). The summed E-state index contributed by atoms with van der Waals surface area (Å²) in [5.74, 6) is -16.2. The largest absolute Gasteiger partial charge is 0.481 e. The summed E-state index contributed by atoms with van der Waals surface area (Å²) < 4.78 is 2.50. The van der Waals surface area contributed by atoms with Crippen molar-refractivity contribution < 1.29 is 98.4 Å². The molecule has 0 bridgehead atoms. The average molecular weight is 969 g/mol. The van der Waals surface area contributed by atoms with E-state index < -0.39 is 166 Å². The fourth-order valence-corrected chi connectivity index (χ4v) is 6.44. The molecular weight excluding hydrogens is 916 g/mol. The first-order valence-corrected chi connectivity index (χ1v) is 20.1. The molecule has 0 aliphatic carbocycles. The Kier molecular flexibility index (Phi) is 21.0. The molecular formula is C38H52N10O20. The number of carbonyl (C=O) groups is 12. The van der Waals surface area contributed by atoms with Crippen LogP contribution in [0.15, 0.2) is 24.8 Å². The predicted octanol–water partition coefficient (Wildman–Crippen LogP) is -3.09. The van der Waals surface area contributed by atoms with E-state index in [1.165, 1.54) is 54.7 Å². The summed E-state index contributed by atoms with van der Waals surface area (Å²) in [4.78, 5) is 156. The number of imidazole rings is 2. The third kappa shape index (κ3) is 18.0. The second kappa shape index (κ2) is 25.5. The van der Waals surface area contributed by atoms with Gasteiger partial charge in [0.25, 0.3) is 0 Å². The summed E-state index contributed by atoms with van der Waals surface area (Å²) in [7, 11) is 0. The molecule has 4 atom stereocenters. The number of carboxylic acids is 8. The number of nitrogens with zero attached hydrogens (tertiary/aromatic N) is 7. The zero-order valence-corrected chi connectivity index (χ0v) is 36.7. The van der Waals surface area contributed by atoms with E-state index in [-0.39, 0.29) is 24.7 Å². The minimum atomic E-state index is -1.82. The van der Waals surface area contributed by atoms with Crippen molar-refractivity contribution in [3.63, 3.8) is 0 Å². The Morgan fingerprint density at radius 2 is 0.956 bits per heavy atom. The van der Waals surface area contributed by atoms with Gasteiger partial charge in [0, 0.05) is 49.1 Å². The number of hydrogen-bond donors (Lipinski definition) is 11. The minimum absolute atomic E-state index is 0.0659. The number of nitrogens with one attached hydrogen (secondary N) is 3. The van der Waals surface area contributed by atoms with Crippen molar-refractivity contribution in [1.82, 2.24) is 49.8 Å². The van der Waals surface area contributed by atoms with Crippen molar-refractivity contribution in [3.05, 3.63) is 36.4 Å². The second-order valence-electron chi connectivity index (χ2n) is 15.6. The molecule has 0 radical (unpaired) electrons. The van der Waals surface area contributed by atoms with Crippen molar-refractivity contribution in [2.75, 3.05) is 26.2 Å². The van der Waals surface area contributed by atoms with Crippen molar-refractivity contribution in [2.24, 2.45) is 5.92 Å². The molecule has 30 heteroatoms. The van der Waals surface area contributed by atoms with Gasteiger partial charge in [0.2, 0.25) is 17.7 Å². The van der Waals surface area contributed by atoms with Gasteiger partial charge in [0.05, 0.1) is 13.1 Å². The highest BCUT2D eigenvalue weighted by atomic mass is 16.4. The van der Waals surface area contributed by atoms with Gasteiger partial charge >= 0.3 is 53.8 Å². The third-order valence-corrected chi connectivity index (χ3v) is 10.4. The van der Waals surface area contributed by atoms with E-state index in [2.05, 4.69) is 15.3 Å². The van der Waals surface area contributed by atoms with Crippen molar-refractivity contribution in [1.29, 1.82) is 0 Å². The van der Waals surface area contributed by atoms with E-state index in [0.29, 0.717) is 9.80 Å². The van der Waals surface area contributed by atoms with E-state index >= 15 is 0 Å². The van der Waals surface area contributed by atoms with Crippen molar-refractivity contribution >= 4 is 71.5 Å². The van der Waals surface area contributed by atoms with Gasteiger partial charge in [-0.3, -0.25) is 43.3 Å². The highest BCUT2D eigenvalue weighted by Gasteiger charge is 2.42. The maximum Gasteiger partial charge on any atom is 0.326 e. The molecule has 0 aromatic carbocycles. The summed E-state index contributed by atoms with van der Waals surface area (Å²) >= 11 is 0. The smallest absolute Gasteiger partial charge is 0.326 e. The Hall–Kier alpha value is -8.18. The van der Waals surface area contributed by atoms with Crippen LogP contribution < -0.4 is 16.0 Å². The molecule has 11 N–H and O–H groups in total. The van der Waals surface area contributed by atoms with Gasteiger partial charge in [0.15, 0.2) is 0 Å². The van der Waals surface area contributed by atoms with E-state index in [1.54, 1.807) is 4.90 Å². The Labute approximate surface area is 384 Å². The summed E-state index contributed by atoms with van der Waals surface area (Å²) in [6, 6.07) is -6.63. The van der Waals surface area contributed by atoms with Crippen LogP contribution in [0.2, 0.25) is 0 Å².